The molecule has 0 aromatic rings. The number of carbonyl (C=O) groups is 1. The van der Waals surface area contributed by atoms with Crippen molar-refractivity contribution >= 4 is 35.4 Å². The van der Waals surface area contributed by atoms with E-state index < -0.39 is 11.0 Å². The summed E-state index contributed by atoms with van der Waals surface area (Å²) in [4.78, 5) is 13.4. The lowest BCUT2D eigenvalue weighted by molar-refractivity contribution is -0.143. The van der Waals surface area contributed by atoms with Crippen molar-refractivity contribution < 1.29 is 9.53 Å². The van der Waals surface area contributed by atoms with Gasteiger partial charge in [-0.25, -0.2) is 4.79 Å². The molecule has 0 fully saturated rings. The number of aliphatic imine (C=N–C) groups is 1. The second kappa shape index (κ2) is 2.99. The van der Waals surface area contributed by atoms with Crippen molar-refractivity contribution in [2.45, 2.75) is 16.8 Å². The first-order valence-electron chi connectivity index (χ1n) is 3.05. The summed E-state index contributed by atoms with van der Waals surface area (Å²) < 4.78 is 4.44. The molecule has 11 heavy (non-hydrogen) atoms. The number of halogens is 2. The molecule has 0 saturated heterocycles. The third-order valence-corrected chi connectivity index (χ3v) is 2.08. The predicted octanol–water partition coefficient (Wildman–Crippen LogP) is 1.18. The van der Waals surface area contributed by atoms with Gasteiger partial charge >= 0.3 is 5.97 Å². The lowest BCUT2D eigenvalue weighted by atomic mass is 10.2. The smallest absolute Gasteiger partial charge is 0.349 e. The molecule has 1 rings (SSSR count). The molecule has 0 aliphatic carbocycles. The normalized spacial score (nSPS) is 35.7. The lowest BCUT2D eigenvalue weighted by Crippen LogP contribution is -2.30. The molecule has 0 spiro atoms. The Bertz CT molecular complexity index is 207. The van der Waals surface area contributed by atoms with Gasteiger partial charge in [0.2, 0.25) is 5.00 Å². The Balaban J connectivity index is 2.71. The minimum Gasteiger partial charge on any atom is -0.466 e. The largest absolute Gasteiger partial charge is 0.466 e. The molecule has 0 aromatic carbocycles. The van der Waals surface area contributed by atoms with Crippen LogP contribution in [0.3, 0.4) is 0 Å². The molecule has 0 bridgehead atoms. The fourth-order valence-corrected chi connectivity index (χ4v) is 1.51. The summed E-state index contributed by atoms with van der Waals surface area (Å²) in [6.45, 7) is 0. The molecule has 0 aromatic heterocycles. The summed E-state index contributed by atoms with van der Waals surface area (Å²) >= 11 is 11.4. The van der Waals surface area contributed by atoms with E-state index in [1.54, 1.807) is 0 Å². The van der Waals surface area contributed by atoms with Crippen LogP contribution in [0.15, 0.2) is 4.99 Å². The summed E-state index contributed by atoms with van der Waals surface area (Å²) in [5.41, 5.74) is 0. The van der Waals surface area contributed by atoms with E-state index in [0.717, 1.165) is 0 Å². The van der Waals surface area contributed by atoms with Crippen molar-refractivity contribution in [2.24, 2.45) is 4.99 Å². The third kappa shape index (κ3) is 1.65. The fraction of sp³-hybridized carbons (Fsp3) is 0.667. The maximum absolute atomic E-state index is 11.0. The van der Waals surface area contributed by atoms with E-state index in [0.29, 0.717) is 6.42 Å². The van der Waals surface area contributed by atoms with Crippen molar-refractivity contribution in [1.29, 1.82) is 0 Å². The Morgan fingerprint density at radius 1 is 1.91 bits per heavy atom. The van der Waals surface area contributed by atoms with Gasteiger partial charge in [-0.1, -0.05) is 11.6 Å². The highest BCUT2D eigenvalue weighted by Crippen LogP contribution is 2.31. The minimum absolute atomic E-state index is 0.272. The van der Waals surface area contributed by atoms with Gasteiger partial charge in [0.25, 0.3) is 0 Å². The number of carbonyl (C=O) groups excluding carboxylic acids is 1. The van der Waals surface area contributed by atoms with E-state index in [2.05, 4.69) is 9.73 Å². The molecule has 3 nitrogen and oxygen atoms in total. The van der Waals surface area contributed by atoms with Crippen molar-refractivity contribution in [2.75, 3.05) is 7.11 Å². The Morgan fingerprint density at radius 2 is 2.55 bits per heavy atom. The van der Waals surface area contributed by atoms with E-state index in [1.165, 1.54) is 13.3 Å². The van der Waals surface area contributed by atoms with E-state index in [9.17, 15) is 4.79 Å². The highest BCUT2D eigenvalue weighted by Gasteiger charge is 2.42. The van der Waals surface area contributed by atoms with Gasteiger partial charge in [-0.15, -0.1) is 11.6 Å². The average molecular weight is 196 g/mol. The van der Waals surface area contributed by atoms with Crippen LogP contribution in [0.25, 0.3) is 0 Å². The molecule has 1 aliphatic heterocycles. The fourth-order valence-electron chi connectivity index (χ4n) is 0.855. The van der Waals surface area contributed by atoms with Crippen molar-refractivity contribution in [1.82, 2.24) is 0 Å². The molecule has 0 amide bonds. The zero-order valence-corrected chi connectivity index (χ0v) is 7.39. The molecule has 0 saturated carbocycles. The van der Waals surface area contributed by atoms with Crippen molar-refractivity contribution in [3.63, 3.8) is 0 Å². The van der Waals surface area contributed by atoms with Crippen LogP contribution in [0.1, 0.15) is 6.42 Å². The number of hydrogen-bond acceptors (Lipinski definition) is 3. The molecule has 1 aliphatic rings. The number of methoxy groups -OCH3 is 1. The molecule has 0 radical (unpaired) electrons. The van der Waals surface area contributed by atoms with Crippen LogP contribution in [0, 0.1) is 0 Å². The third-order valence-electron chi connectivity index (χ3n) is 1.40. The minimum atomic E-state index is -1.28. The quantitative estimate of drug-likeness (QED) is 0.358. The van der Waals surface area contributed by atoms with Gasteiger partial charge in [0.1, 0.15) is 0 Å². The van der Waals surface area contributed by atoms with Crippen LogP contribution in [0.5, 0.6) is 0 Å². The summed E-state index contributed by atoms with van der Waals surface area (Å²) in [6.07, 6.45) is 1.74. The van der Waals surface area contributed by atoms with Crippen LogP contribution in [0.2, 0.25) is 0 Å². The first-order chi connectivity index (χ1) is 5.08. The number of nitrogens with zero attached hydrogens (tertiary/aromatic N) is 1. The number of rotatable bonds is 1. The second-order valence-electron chi connectivity index (χ2n) is 2.25. The van der Waals surface area contributed by atoms with E-state index in [-0.39, 0.29) is 5.38 Å². The van der Waals surface area contributed by atoms with Gasteiger partial charge < -0.3 is 4.74 Å². The Kier molecular flexibility index (Phi) is 2.40. The molecular weight excluding hydrogens is 189 g/mol. The van der Waals surface area contributed by atoms with Crippen molar-refractivity contribution in [3.8, 4) is 0 Å². The molecule has 1 heterocycles. The molecule has 2 unspecified atom stereocenters. The number of esters is 1. The SMILES string of the molecule is COC(=O)C1(Cl)CC(Cl)C=N1. The van der Waals surface area contributed by atoms with Crippen LogP contribution in [-0.4, -0.2) is 29.7 Å². The Labute approximate surface area is 74.3 Å². The molecule has 62 valence electrons. The number of alkyl halides is 2. The maximum Gasteiger partial charge on any atom is 0.349 e. The predicted molar refractivity (Wildman–Crippen MR) is 43.4 cm³/mol. The first-order valence-corrected chi connectivity index (χ1v) is 3.87. The highest BCUT2D eigenvalue weighted by molar-refractivity contribution is 6.38. The average Bonchev–Trinajstić information content (AvgIpc) is 2.31. The van der Waals surface area contributed by atoms with Gasteiger partial charge in [0.05, 0.1) is 12.5 Å². The second-order valence-corrected chi connectivity index (χ2v) is 3.44. The van der Waals surface area contributed by atoms with Crippen LogP contribution in [-0.2, 0) is 9.53 Å². The monoisotopic (exact) mass is 195 g/mol. The molecule has 0 N–H and O–H groups in total. The van der Waals surface area contributed by atoms with Gasteiger partial charge in [0.15, 0.2) is 0 Å². The highest BCUT2D eigenvalue weighted by atomic mass is 35.5. The molecule has 2 atom stereocenters. The Hall–Kier alpha value is -0.280. The van der Waals surface area contributed by atoms with Gasteiger partial charge in [-0.05, 0) is 0 Å². The summed E-state index contributed by atoms with van der Waals surface area (Å²) in [5.74, 6) is -0.557. The number of ether oxygens (including phenoxy) is 1. The van der Waals surface area contributed by atoms with Gasteiger partial charge in [-0.2, -0.15) is 0 Å². The van der Waals surface area contributed by atoms with Crippen LogP contribution >= 0.6 is 23.2 Å². The summed E-state index contributed by atoms with van der Waals surface area (Å²) in [7, 11) is 1.27. The van der Waals surface area contributed by atoms with Crippen molar-refractivity contribution in [3.05, 3.63) is 0 Å². The van der Waals surface area contributed by atoms with Gasteiger partial charge in [-0.3, -0.25) is 4.99 Å². The lowest BCUT2D eigenvalue weighted by Gasteiger charge is -2.14. The van der Waals surface area contributed by atoms with Gasteiger partial charge in [0, 0.05) is 12.6 Å². The summed E-state index contributed by atoms with van der Waals surface area (Å²) in [5, 5.41) is -0.272. The van der Waals surface area contributed by atoms with E-state index in [1.807, 2.05) is 0 Å². The van der Waals surface area contributed by atoms with E-state index in [4.69, 9.17) is 23.2 Å². The zero-order valence-electron chi connectivity index (χ0n) is 5.88. The van der Waals surface area contributed by atoms with Crippen LogP contribution < -0.4 is 0 Å². The zero-order chi connectivity index (χ0) is 8.48. The maximum atomic E-state index is 11.0. The first kappa shape index (κ1) is 8.81. The Morgan fingerprint density at radius 3 is 2.91 bits per heavy atom. The topological polar surface area (TPSA) is 38.7 Å². The van der Waals surface area contributed by atoms with Crippen LogP contribution in [0.4, 0.5) is 0 Å². The molecular formula is C6H7Cl2NO2. The summed E-state index contributed by atoms with van der Waals surface area (Å²) in [6, 6.07) is 0. The molecule has 5 heteroatoms. The van der Waals surface area contributed by atoms with E-state index >= 15 is 0 Å². The standard InChI is InChI=1S/C6H7Cl2NO2/c1-11-5(10)6(8)2-4(7)3-9-6/h3-4H,2H2,1H3. The number of hydrogen-bond donors (Lipinski definition) is 0.